The molecule has 0 aliphatic heterocycles. The predicted octanol–water partition coefficient (Wildman–Crippen LogP) is 6.28. The summed E-state index contributed by atoms with van der Waals surface area (Å²) in [7, 11) is 0. The van der Waals surface area contributed by atoms with Crippen molar-refractivity contribution in [2.24, 2.45) is 0 Å². The van der Waals surface area contributed by atoms with Gasteiger partial charge in [0.1, 0.15) is 11.5 Å². The average molecular weight is 360 g/mol. The number of para-hydroxylation sites is 1. The molecule has 0 fully saturated rings. The number of rotatable bonds is 7. The maximum absolute atomic E-state index is 9.49. The van der Waals surface area contributed by atoms with E-state index in [-0.39, 0.29) is 0 Å². The molecule has 3 rings (SSSR count). The Morgan fingerprint density at radius 2 is 1.70 bits per heavy atom. The van der Waals surface area contributed by atoms with Crippen molar-refractivity contribution in [3.8, 4) is 17.2 Å². The highest BCUT2D eigenvalue weighted by Crippen LogP contribution is 2.42. The molecule has 0 spiro atoms. The fourth-order valence-corrected chi connectivity index (χ4v) is 2.66. The van der Waals surface area contributed by atoms with Gasteiger partial charge in [-0.25, -0.2) is 0 Å². The Balaban J connectivity index is 1.93. The lowest BCUT2D eigenvalue weighted by Crippen LogP contribution is -2.02. The van der Waals surface area contributed by atoms with Crippen LogP contribution in [0.2, 0.25) is 0 Å². The number of hydrogen-bond donors (Lipinski definition) is 1. The van der Waals surface area contributed by atoms with E-state index in [1.54, 1.807) is 6.07 Å². The van der Waals surface area contributed by atoms with Crippen LogP contribution >= 0.6 is 0 Å². The Kier molecular flexibility index (Phi) is 5.91. The zero-order chi connectivity index (χ0) is 19.1. The standard InChI is InChI=1S/C22H22N3O2/c1-3-26-19-13-20(24-15-17-11-9-16(2)10-12-17)22(21(14-19)25-23)27-18-7-5-4-6-8-18/h4-14,24H,3,15H2,1-2H3/q+1. The molecule has 5 nitrogen and oxygen atoms in total. The molecule has 3 aromatic rings. The molecule has 3 aromatic carbocycles. The molecular weight excluding hydrogens is 338 g/mol. The van der Waals surface area contributed by atoms with Gasteiger partial charge in [-0.1, -0.05) is 48.0 Å². The van der Waals surface area contributed by atoms with Gasteiger partial charge < -0.3 is 14.8 Å². The first-order valence-corrected chi connectivity index (χ1v) is 8.88. The summed E-state index contributed by atoms with van der Waals surface area (Å²) in [5.74, 6) is 1.71. The second kappa shape index (κ2) is 8.72. The van der Waals surface area contributed by atoms with Crippen LogP contribution in [0, 0.1) is 12.3 Å². The minimum absolute atomic E-state index is 0.302. The fraction of sp³-hybridized carbons (Fsp3) is 0.182. The number of nitrogens with one attached hydrogen (secondary N) is 1. The van der Waals surface area contributed by atoms with Crippen LogP contribution < -0.4 is 14.8 Å². The van der Waals surface area contributed by atoms with E-state index in [0.29, 0.717) is 41.8 Å². The molecule has 0 unspecified atom stereocenters. The van der Waals surface area contributed by atoms with Gasteiger partial charge >= 0.3 is 5.69 Å². The van der Waals surface area contributed by atoms with Gasteiger partial charge in [-0.2, -0.15) is 0 Å². The van der Waals surface area contributed by atoms with E-state index in [1.807, 2.05) is 43.3 Å². The van der Waals surface area contributed by atoms with Gasteiger partial charge in [-0.05, 0) is 31.5 Å². The van der Waals surface area contributed by atoms with Gasteiger partial charge in [0.2, 0.25) is 11.1 Å². The van der Waals surface area contributed by atoms with Gasteiger partial charge in [0, 0.05) is 12.6 Å². The van der Waals surface area contributed by atoms with Gasteiger partial charge in [-0.15, -0.1) is 0 Å². The maximum Gasteiger partial charge on any atom is 0.432 e. The summed E-state index contributed by atoms with van der Waals surface area (Å²) in [5, 5.41) is 12.9. The van der Waals surface area contributed by atoms with Crippen LogP contribution in [-0.2, 0) is 6.54 Å². The van der Waals surface area contributed by atoms with Crippen LogP contribution in [0.5, 0.6) is 17.2 Å². The van der Waals surface area contributed by atoms with Crippen LogP contribution in [0.25, 0.3) is 4.98 Å². The maximum atomic E-state index is 9.49. The largest absolute Gasteiger partial charge is 0.493 e. The Morgan fingerprint density at radius 1 is 0.963 bits per heavy atom. The fourth-order valence-electron chi connectivity index (χ4n) is 2.66. The van der Waals surface area contributed by atoms with Gasteiger partial charge in [0.25, 0.3) is 0 Å². The number of hydrogen-bond acceptors (Lipinski definition) is 4. The first-order valence-electron chi connectivity index (χ1n) is 8.88. The Hall–Kier alpha value is -3.52. The Labute approximate surface area is 159 Å². The zero-order valence-corrected chi connectivity index (χ0v) is 15.5. The number of anilines is 1. The summed E-state index contributed by atoms with van der Waals surface area (Å²) in [5.41, 5.74) is 3.34. The lowest BCUT2D eigenvalue weighted by atomic mass is 10.1. The Bertz CT molecular complexity index is 932. The molecule has 136 valence electrons. The van der Waals surface area contributed by atoms with E-state index in [2.05, 4.69) is 41.5 Å². The third-order valence-electron chi connectivity index (χ3n) is 4.03. The monoisotopic (exact) mass is 360 g/mol. The van der Waals surface area contributed by atoms with Crippen LogP contribution in [0.1, 0.15) is 18.1 Å². The summed E-state index contributed by atoms with van der Waals surface area (Å²) in [6.45, 7) is 5.08. The van der Waals surface area contributed by atoms with Crippen LogP contribution in [0.15, 0.2) is 66.7 Å². The van der Waals surface area contributed by atoms with Gasteiger partial charge in [0.15, 0.2) is 4.98 Å². The number of diazo groups is 1. The van der Waals surface area contributed by atoms with Crippen molar-refractivity contribution >= 4 is 11.4 Å². The SMILES string of the molecule is CCOc1cc([N+]#N)c(Oc2ccccc2)c(NCc2ccc(C)cc2)c1. The van der Waals surface area contributed by atoms with Crippen molar-refractivity contribution in [1.82, 2.24) is 0 Å². The Morgan fingerprint density at radius 3 is 2.37 bits per heavy atom. The third kappa shape index (κ3) is 4.77. The first kappa shape index (κ1) is 18.3. The number of benzene rings is 3. The molecule has 5 heteroatoms. The molecule has 0 amide bonds. The minimum Gasteiger partial charge on any atom is -0.493 e. The molecule has 0 radical (unpaired) electrons. The summed E-state index contributed by atoms with van der Waals surface area (Å²) >= 11 is 0. The van der Waals surface area contributed by atoms with E-state index in [1.165, 1.54) is 5.56 Å². The second-order valence-electron chi connectivity index (χ2n) is 6.11. The van der Waals surface area contributed by atoms with E-state index in [0.717, 1.165) is 5.56 Å². The van der Waals surface area contributed by atoms with E-state index in [9.17, 15) is 5.39 Å². The summed E-state index contributed by atoms with van der Waals surface area (Å²) in [6.07, 6.45) is 0. The van der Waals surface area contributed by atoms with E-state index >= 15 is 0 Å². The predicted molar refractivity (Wildman–Crippen MR) is 107 cm³/mol. The van der Waals surface area contributed by atoms with Crippen molar-refractivity contribution in [2.45, 2.75) is 20.4 Å². The first-order chi connectivity index (χ1) is 13.2. The summed E-state index contributed by atoms with van der Waals surface area (Å²) < 4.78 is 11.6. The number of aryl methyl sites for hydroxylation is 1. The van der Waals surface area contributed by atoms with Crippen molar-refractivity contribution < 1.29 is 9.47 Å². The molecule has 0 heterocycles. The quantitative estimate of drug-likeness (QED) is 0.504. The molecule has 0 saturated carbocycles. The molecule has 0 aliphatic carbocycles. The van der Waals surface area contributed by atoms with E-state index < -0.39 is 0 Å². The van der Waals surface area contributed by atoms with E-state index in [4.69, 9.17) is 9.47 Å². The topological polar surface area (TPSA) is 58.6 Å². The summed E-state index contributed by atoms with van der Waals surface area (Å²) in [6, 6.07) is 21.2. The lowest BCUT2D eigenvalue weighted by molar-refractivity contribution is 0.340. The van der Waals surface area contributed by atoms with Crippen LogP contribution in [0.3, 0.4) is 0 Å². The molecular formula is C22H22N3O2+. The molecule has 27 heavy (non-hydrogen) atoms. The minimum atomic E-state index is 0.302. The van der Waals surface area contributed by atoms with Gasteiger partial charge in [0.05, 0.1) is 18.4 Å². The highest BCUT2D eigenvalue weighted by molar-refractivity contribution is 5.75. The molecule has 1 N–H and O–H groups in total. The normalized spacial score (nSPS) is 10.1. The molecule has 0 aliphatic rings. The van der Waals surface area contributed by atoms with Crippen molar-refractivity contribution in [3.05, 3.63) is 82.8 Å². The molecule has 0 atom stereocenters. The third-order valence-corrected chi connectivity index (χ3v) is 4.03. The highest BCUT2D eigenvalue weighted by atomic mass is 16.5. The lowest BCUT2D eigenvalue weighted by Gasteiger charge is -2.13. The van der Waals surface area contributed by atoms with Crippen LogP contribution in [-0.4, -0.2) is 6.61 Å². The second-order valence-corrected chi connectivity index (χ2v) is 6.11. The van der Waals surface area contributed by atoms with Crippen LogP contribution in [0.4, 0.5) is 11.4 Å². The van der Waals surface area contributed by atoms with Crippen molar-refractivity contribution in [1.29, 1.82) is 5.39 Å². The summed E-state index contributed by atoms with van der Waals surface area (Å²) in [4.78, 5) is 3.39. The highest BCUT2D eigenvalue weighted by Gasteiger charge is 2.23. The zero-order valence-electron chi connectivity index (χ0n) is 15.5. The molecule has 0 bridgehead atoms. The van der Waals surface area contributed by atoms with Crippen molar-refractivity contribution in [3.63, 3.8) is 0 Å². The smallest absolute Gasteiger partial charge is 0.432 e. The van der Waals surface area contributed by atoms with Crippen molar-refractivity contribution in [2.75, 3.05) is 11.9 Å². The average Bonchev–Trinajstić information content (AvgIpc) is 2.70. The molecule has 0 saturated heterocycles. The molecule has 0 aromatic heterocycles. The number of ether oxygens (including phenoxy) is 2. The number of nitrogens with zero attached hydrogens (tertiary/aromatic N) is 2. The van der Waals surface area contributed by atoms with Gasteiger partial charge in [-0.3, -0.25) is 0 Å².